The molecule has 4 fully saturated rings. The number of nitrogens with zero attached hydrogens (tertiary/aromatic N) is 8. The van der Waals surface area contributed by atoms with Crippen LogP contribution in [0.5, 0.6) is 0 Å². The Balaban J connectivity index is 0.000000194. The minimum absolute atomic E-state index is 0.0862. The summed E-state index contributed by atoms with van der Waals surface area (Å²) in [5, 5.41) is 8.07. The van der Waals surface area contributed by atoms with E-state index in [2.05, 4.69) is 10.2 Å². The van der Waals surface area contributed by atoms with E-state index in [4.69, 9.17) is 0 Å². The van der Waals surface area contributed by atoms with Crippen LogP contribution in [0.2, 0.25) is 0 Å². The zero-order valence-corrected chi connectivity index (χ0v) is 43.2. The van der Waals surface area contributed by atoms with Crippen molar-refractivity contribution in [2.24, 2.45) is 0 Å². The van der Waals surface area contributed by atoms with Gasteiger partial charge >= 0.3 is 24.7 Å². The maximum Gasteiger partial charge on any atom is 0.416 e. The van der Waals surface area contributed by atoms with Gasteiger partial charge in [-0.25, -0.2) is 8.78 Å². The summed E-state index contributed by atoms with van der Waals surface area (Å²) in [6.07, 6.45) is -16.3. The Morgan fingerprint density at radius 2 is 0.900 bits per heavy atom. The van der Waals surface area contributed by atoms with Gasteiger partial charge in [-0.2, -0.15) is 62.9 Å². The van der Waals surface area contributed by atoms with Crippen molar-refractivity contribution < 1.29 is 80.6 Å². The molecule has 0 bridgehead atoms. The number of thioether (sulfide) groups is 2. The van der Waals surface area contributed by atoms with Gasteiger partial charge in [-0.15, -0.1) is 0 Å². The zero-order chi connectivity index (χ0) is 58.0. The van der Waals surface area contributed by atoms with Crippen molar-refractivity contribution in [1.29, 1.82) is 0 Å². The van der Waals surface area contributed by atoms with Gasteiger partial charge in [0.25, 0.3) is 22.3 Å². The van der Waals surface area contributed by atoms with Crippen LogP contribution in [-0.2, 0) is 47.4 Å². The molecule has 80 heavy (non-hydrogen) atoms. The molecule has 0 radical (unpaired) electrons. The van der Waals surface area contributed by atoms with Gasteiger partial charge in [0, 0.05) is 37.0 Å². The van der Waals surface area contributed by atoms with Crippen LogP contribution in [0.4, 0.5) is 71.1 Å². The number of carbonyl (C=O) groups is 4. The van der Waals surface area contributed by atoms with Crippen molar-refractivity contribution in [3.05, 3.63) is 140 Å². The predicted molar refractivity (Wildman–Crippen MR) is 268 cm³/mol. The van der Waals surface area contributed by atoms with Gasteiger partial charge < -0.3 is 9.80 Å². The predicted octanol–water partition coefficient (Wildman–Crippen LogP) is 12.4. The van der Waals surface area contributed by atoms with E-state index in [1.807, 2.05) is 0 Å². The van der Waals surface area contributed by atoms with E-state index >= 15 is 0 Å². The normalized spacial score (nSPS) is 22.2. The number of halogens is 14. The van der Waals surface area contributed by atoms with Crippen molar-refractivity contribution in [3.63, 3.8) is 0 Å². The zero-order valence-electron chi connectivity index (χ0n) is 41.5. The lowest BCUT2D eigenvalue weighted by atomic mass is 10.0. The largest absolute Gasteiger partial charge is 0.416 e. The lowest BCUT2D eigenvalue weighted by Crippen LogP contribution is -2.52. The molecule has 4 aliphatic heterocycles. The van der Waals surface area contributed by atoms with Crippen LogP contribution in [0, 0.1) is 0 Å². The highest BCUT2D eigenvalue weighted by molar-refractivity contribution is 8.18. The second-order valence-corrected chi connectivity index (χ2v) is 21.3. The molecule has 12 nitrogen and oxygen atoms in total. The van der Waals surface area contributed by atoms with E-state index in [1.165, 1.54) is 33.9 Å². The van der Waals surface area contributed by atoms with Gasteiger partial charge in [-0.3, -0.25) is 38.3 Å². The monoisotopic (exact) mass is 1170 g/mol. The molecule has 28 heteroatoms. The number of hydrogen-bond acceptors (Lipinski definition) is 10. The molecule has 0 aliphatic carbocycles. The Kier molecular flexibility index (Phi) is 15.9. The van der Waals surface area contributed by atoms with E-state index in [9.17, 15) is 80.6 Å². The van der Waals surface area contributed by atoms with Gasteiger partial charge in [0.05, 0.1) is 80.7 Å². The van der Waals surface area contributed by atoms with E-state index < -0.39 is 107 Å². The van der Waals surface area contributed by atoms with Crippen LogP contribution in [-0.4, -0.2) is 126 Å². The van der Waals surface area contributed by atoms with E-state index in [1.54, 1.807) is 60.3 Å². The van der Waals surface area contributed by atoms with Gasteiger partial charge in [0.1, 0.15) is 12.3 Å². The minimum atomic E-state index is -5.01. The minimum Gasteiger partial charge on any atom is -0.303 e. The number of fused-ring (bicyclic) bond motifs is 2. The maximum absolute atomic E-state index is 14.6. The fourth-order valence-electron chi connectivity index (χ4n) is 9.78. The molecular formula is C52H42F14N8O4S2. The second-order valence-electron chi connectivity index (χ2n) is 19.3. The van der Waals surface area contributed by atoms with Gasteiger partial charge in [-0.1, -0.05) is 24.3 Å². The lowest BCUT2D eigenvalue weighted by molar-refractivity contribution is -0.145. The molecule has 0 N–H and O–H groups in total. The highest BCUT2D eigenvalue weighted by Crippen LogP contribution is 2.42. The topological polar surface area (TPSA) is 117 Å². The summed E-state index contributed by atoms with van der Waals surface area (Å²) >= 11 is 1.41. The number of carbonyl (C=O) groups excluding carboxylic acids is 4. The number of rotatable bonds is 8. The number of likely N-dealkylation sites (tertiary alicyclic amines) is 2. The van der Waals surface area contributed by atoms with E-state index in [0.29, 0.717) is 94.5 Å². The Hall–Kier alpha value is -6.78. The summed E-state index contributed by atoms with van der Waals surface area (Å²) < 4.78 is 191. The molecule has 2 aromatic heterocycles. The maximum atomic E-state index is 14.6. The van der Waals surface area contributed by atoms with E-state index in [-0.39, 0.29) is 46.2 Å². The molecule has 4 saturated heterocycles. The molecular weight excluding hydrogens is 1130 g/mol. The van der Waals surface area contributed by atoms with Crippen molar-refractivity contribution in [1.82, 2.24) is 39.2 Å². The average molecular weight is 1170 g/mol. The third kappa shape index (κ3) is 12.3. The average Bonchev–Trinajstić information content (AvgIpc) is 4.23. The summed E-state index contributed by atoms with van der Waals surface area (Å²) in [7, 11) is 3.51. The summed E-state index contributed by atoms with van der Waals surface area (Å²) in [5.41, 5.74) is -4.56. The van der Waals surface area contributed by atoms with Crippen LogP contribution in [0.1, 0.15) is 57.3 Å². The third-order valence-corrected chi connectivity index (χ3v) is 15.6. The van der Waals surface area contributed by atoms with Crippen LogP contribution in [0.3, 0.4) is 0 Å². The van der Waals surface area contributed by atoms with Crippen molar-refractivity contribution in [2.45, 2.75) is 75.1 Å². The highest BCUT2D eigenvalue weighted by atomic mass is 32.2. The fourth-order valence-corrected chi connectivity index (χ4v) is 11.5. The van der Waals surface area contributed by atoms with Gasteiger partial charge in [-0.05, 0) is 133 Å². The van der Waals surface area contributed by atoms with Crippen LogP contribution in [0.25, 0.3) is 34.0 Å². The first-order valence-electron chi connectivity index (χ1n) is 24.1. The molecule has 4 aliphatic rings. The van der Waals surface area contributed by atoms with Crippen molar-refractivity contribution >= 4 is 79.8 Å². The smallest absolute Gasteiger partial charge is 0.303 e. The standard InChI is InChI=1S/2C26H21F7N4O2S/c2*1-35-7-6-21(19(27)13-35)37-23(38)22(40-24(37)39)9-14-2-5-20-16(8-14)11-34-36(20)12-15-3-4-17(25(28,29)30)10-18(15)26(31,32)33/h2*2-5,8-11,19,21H,6-7,12-13H2,1H3/t2*19-,21-/m11/s1. The summed E-state index contributed by atoms with van der Waals surface area (Å²) in [6.45, 7) is 0.449. The number of alkyl halides is 14. The Morgan fingerprint density at radius 3 is 1.24 bits per heavy atom. The molecule has 0 saturated carbocycles. The van der Waals surface area contributed by atoms with E-state index in [0.717, 1.165) is 21.9 Å². The summed E-state index contributed by atoms with van der Waals surface area (Å²) in [4.78, 5) is 56.8. The van der Waals surface area contributed by atoms with Gasteiger partial charge in [0.2, 0.25) is 0 Å². The molecule has 6 aromatic rings. The first-order valence-corrected chi connectivity index (χ1v) is 25.7. The molecule has 10 rings (SSSR count). The number of aromatic nitrogens is 4. The molecule has 0 spiro atoms. The summed E-state index contributed by atoms with van der Waals surface area (Å²) in [5.74, 6) is -1.19. The first-order chi connectivity index (χ1) is 37.4. The molecule has 6 heterocycles. The van der Waals surface area contributed by atoms with Crippen molar-refractivity contribution in [3.8, 4) is 0 Å². The fraction of sp³-hybridized carbons (Fsp3) is 0.346. The number of amides is 4. The van der Waals surface area contributed by atoms with Gasteiger partial charge in [0.15, 0.2) is 0 Å². The molecule has 4 atom stereocenters. The highest BCUT2D eigenvalue weighted by Gasteiger charge is 2.47. The number of piperidine rings is 2. The number of imide groups is 2. The van der Waals surface area contributed by atoms with Crippen LogP contribution >= 0.6 is 23.5 Å². The van der Waals surface area contributed by atoms with Crippen LogP contribution in [0.15, 0.2) is 95.0 Å². The Morgan fingerprint density at radius 1 is 0.525 bits per heavy atom. The lowest BCUT2D eigenvalue weighted by Gasteiger charge is -2.36. The quantitative estimate of drug-likeness (QED) is 0.108. The first kappa shape index (κ1) is 57.9. The summed E-state index contributed by atoms with van der Waals surface area (Å²) in [6, 6.07) is 10.7. The molecule has 0 unspecified atom stereocenters. The molecule has 424 valence electrons. The number of hydrogen-bond donors (Lipinski definition) is 0. The Labute approximate surface area is 453 Å². The Bertz CT molecular complexity index is 3260. The number of benzene rings is 4. The molecule has 4 aromatic carbocycles. The molecule has 4 amide bonds. The third-order valence-electron chi connectivity index (χ3n) is 13.8. The van der Waals surface area contributed by atoms with Crippen molar-refractivity contribution in [2.75, 3.05) is 40.3 Å². The van der Waals surface area contributed by atoms with Crippen LogP contribution < -0.4 is 0 Å². The second kappa shape index (κ2) is 21.9. The SMILES string of the molecule is CN1CC[C@@H](N2C(=O)SC(=Cc3ccc4c(cnn4Cc4ccc(C(F)(F)F)cc4C(F)(F)F)c3)C2=O)[C@H](F)C1.CN1CC[C@@H](N2C(=O)SC(=Cc3ccc4c(cnn4Cc4ccc(C(F)(F)F)cc4C(F)(F)F)c3)C2=O)[C@H](F)C1.